The second kappa shape index (κ2) is 9.53. The van der Waals surface area contributed by atoms with E-state index in [9.17, 15) is 27.1 Å². The van der Waals surface area contributed by atoms with Crippen molar-refractivity contribution in [2.24, 2.45) is 7.05 Å². The predicted octanol–water partition coefficient (Wildman–Crippen LogP) is 5.03. The molecule has 1 atom stereocenters. The molecule has 4 aromatic rings. The number of ether oxygens (including phenoxy) is 1. The van der Waals surface area contributed by atoms with Gasteiger partial charge in [0.1, 0.15) is 5.69 Å². The van der Waals surface area contributed by atoms with E-state index in [-0.39, 0.29) is 28.9 Å². The van der Waals surface area contributed by atoms with E-state index in [0.29, 0.717) is 37.8 Å². The van der Waals surface area contributed by atoms with Crippen LogP contribution in [-0.2, 0) is 24.4 Å². The Morgan fingerprint density at radius 1 is 1.21 bits per heavy atom. The van der Waals surface area contributed by atoms with Crippen LogP contribution in [0.5, 0.6) is 5.75 Å². The number of rotatable bonds is 4. The number of aromatic hydroxyl groups is 1. The lowest BCUT2D eigenvalue weighted by Gasteiger charge is -2.33. The number of aryl methyl sites for hydroxylation is 1. The quantitative estimate of drug-likeness (QED) is 0.295. The second-order valence-corrected chi connectivity index (χ2v) is 8.75. The van der Waals surface area contributed by atoms with E-state index in [0.717, 1.165) is 5.56 Å². The number of benzene rings is 2. The summed E-state index contributed by atoms with van der Waals surface area (Å²) in [6, 6.07) is 7.51. The predicted molar refractivity (Wildman–Crippen MR) is 127 cm³/mol. The Morgan fingerprint density at radius 2 is 2.00 bits per heavy atom. The third-order valence-electron chi connectivity index (χ3n) is 6.23. The minimum absolute atomic E-state index is 0.120. The molecule has 0 amide bonds. The molecule has 0 radical (unpaired) electrons. The summed E-state index contributed by atoms with van der Waals surface area (Å²) in [6.07, 6.45) is -3.50. The topological polar surface area (TPSA) is 80.7 Å². The van der Waals surface area contributed by atoms with Gasteiger partial charge in [0.2, 0.25) is 5.95 Å². The molecule has 2 aromatic heterocycles. The summed E-state index contributed by atoms with van der Waals surface area (Å²) in [5.74, 6) is -5.10. The molecule has 5 rings (SSSR count). The number of alkyl halides is 3. The molecule has 0 aliphatic carbocycles. The first kappa shape index (κ1) is 25.3. The summed E-state index contributed by atoms with van der Waals surface area (Å²) >= 11 is 0. The maximum absolute atomic E-state index is 14.7. The first-order chi connectivity index (χ1) is 18.1. The molecule has 1 saturated heterocycles. The van der Waals surface area contributed by atoms with Crippen molar-refractivity contribution in [1.29, 1.82) is 0 Å². The highest BCUT2D eigenvalue weighted by Crippen LogP contribution is 2.41. The first-order valence-electron chi connectivity index (χ1n) is 11.4. The Labute approximate surface area is 212 Å². The van der Waals surface area contributed by atoms with E-state index in [4.69, 9.17) is 11.3 Å². The molecular formula is C25H19F5N6O2. The molecule has 3 heterocycles. The van der Waals surface area contributed by atoms with Gasteiger partial charge >= 0.3 is 6.18 Å². The molecule has 0 bridgehead atoms. The Hall–Kier alpha value is -4.31. The van der Waals surface area contributed by atoms with Crippen LogP contribution in [0, 0.1) is 18.2 Å². The van der Waals surface area contributed by atoms with Crippen LogP contribution in [-0.4, -0.2) is 50.7 Å². The Morgan fingerprint density at radius 3 is 2.74 bits per heavy atom. The van der Waals surface area contributed by atoms with Gasteiger partial charge in [0.05, 0.1) is 30.2 Å². The average molecular weight is 530 g/mol. The maximum atomic E-state index is 14.7. The first-order valence-corrected chi connectivity index (χ1v) is 11.4. The van der Waals surface area contributed by atoms with E-state index in [2.05, 4.69) is 19.9 Å². The van der Waals surface area contributed by atoms with Crippen molar-refractivity contribution in [2.45, 2.75) is 18.7 Å². The molecule has 0 spiro atoms. The van der Waals surface area contributed by atoms with Crippen LogP contribution in [0.4, 0.5) is 33.6 Å². The lowest BCUT2D eigenvalue weighted by atomic mass is 10.0. The average Bonchev–Trinajstić information content (AvgIpc) is 3.22. The zero-order valence-electron chi connectivity index (χ0n) is 19.8. The van der Waals surface area contributed by atoms with Crippen molar-refractivity contribution >= 4 is 22.7 Å². The zero-order valence-corrected chi connectivity index (χ0v) is 19.8. The second-order valence-electron chi connectivity index (χ2n) is 8.75. The number of nitrogens with zero attached hydrogens (tertiary/aromatic N) is 6. The summed E-state index contributed by atoms with van der Waals surface area (Å²) in [5.41, 5.74) is -1.14. The molecule has 0 saturated carbocycles. The summed E-state index contributed by atoms with van der Waals surface area (Å²) in [7, 11) is 1.47. The smallest absolute Gasteiger partial charge is 0.419 e. The monoisotopic (exact) mass is 530 g/mol. The van der Waals surface area contributed by atoms with E-state index >= 15 is 0 Å². The number of hydrogen-bond acceptors (Lipinski definition) is 6. The Balaban J connectivity index is 1.46. The van der Waals surface area contributed by atoms with Crippen LogP contribution in [0.1, 0.15) is 11.1 Å². The van der Waals surface area contributed by atoms with Crippen LogP contribution in [0.2, 0.25) is 0 Å². The van der Waals surface area contributed by atoms with Gasteiger partial charge < -0.3 is 14.7 Å². The van der Waals surface area contributed by atoms with Gasteiger partial charge in [0.25, 0.3) is 0 Å². The van der Waals surface area contributed by atoms with Gasteiger partial charge in [-0.25, -0.2) is 23.3 Å². The summed E-state index contributed by atoms with van der Waals surface area (Å²) in [4.78, 5) is 14.1. The number of fused-ring (bicyclic) bond motifs is 1. The van der Waals surface area contributed by atoms with Crippen molar-refractivity contribution in [2.75, 3.05) is 24.6 Å². The van der Waals surface area contributed by atoms with Crippen LogP contribution >= 0.6 is 0 Å². The molecule has 0 unspecified atom stereocenters. The van der Waals surface area contributed by atoms with Crippen LogP contribution in [0.25, 0.3) is 27.1 Å². The van der Waals surface area contributed by atoms with E-state index in [1.165, 1.54) is 17.9 Å². The number of morpholine rings is 1. The standard InChI is InChI=1S/C25H19F5N6O2/c1-31-14-5-3-4-13(8-14)9-15-12-36(6-7-38-15)24-32-11-17-21(34-35(2)23(17)33-24)16-10-18(25(28,29)30)20(27)22(37)19(16)26/h3-5,8,10-11,15,37H,6-7,9,12H2,2H3/t15-/m0/s1. The van der Waals surface area contributed by atoms with E-state index in [1.807, 2.05) is 17.0 Å². The van der Waals surface area contributed by atoms with Gasteiger partial charge in [0, 0.05) is 31.9 Å². The molecule has 196 valence electrons. The third kappa shape index (κ3) is 4.58. The van der Waals surface area contributed by atoms with Crippen molar-refractivity contribution in [3.05, 3.63) is 70.7 Å². The van der Waals surface area contributed by atoms with Crippen molar-refractivity contribution in [3.8, 4) is 17.0 Å². The normalized spacial score (nSPS) is 16.1. The Kier molecular flexibility index (Phi) is 6.36. The van der Waals surface area contributed by atoms with Gasteiger partial charge in [-0.05, 0) is 12.5 Å². The van der Waals surface area contributed by atoms with Gasteiger partial charge in [-0.1, -0.05) is 29.8 Å². The third-order valence-corrected chi connectivity index (χ3v) is 6.23. The maximum Gasteiger partial charge on any atom is 0.419 e. The van der Waals surface area contributed by atoms with Crippen LogP contribution in [0.3, 0.4) is 0 Å². The summed E-state index contributed by atoms with van der Waals surface area (Å²) < 4.78 is 75.6. The zero-order chi connectivity index (χ0) is 27.2. The molecule has 1 aliphatic rings. The van der Waals surface area contributed by atoms with Crippen molar-refractivity contribution in [3.63, 3.8) is 0 Å². The molecule has 2 aromatic carbocycles. The van der Waals surface area contributed by atoms with E-state index in [1.54, 1.807) is 12.1 Å². The number of phenolic OH excluding ortho intramolecular Hbond substituents is 1. The fourth-order valence-corrected chi connectivity index (χ4v) is 4.42. The minimum atomic E-state index is -5.16. The number of hydrogen-bond donors (Lipinski definition) is 1. The van der Waals surface area contributed by atoms with Gasteiger partial charge in [-0.2, -0.15) is 23.3 Å². The SMILES string of the molecule is [C-]#[N+]c1cccc(C[C@H]2CN(c3ncc4c(-c5cc(C(F)(F)F)c(F)c(O)c5F)nn(C)c4n3)CCO2)c1. The molecular weight excluding hydrogens is 511 g/mol. The number of phenols is 1. The van der Waals surface area contributed by atoms with Gasteiger partial charge in [-0.3, -0.25) is 0 Å². The molecule has 1 fully saturated rings. The highest BCUT2D eigenvalue weighted by molar-refractivity contribution is 5.91. The number of anilines is 1. The molecule has 8 nitrogen and oxygen atoms in total. The molecule has 13 heteroatoms. The molecule has 1 aliphatic heterocycles. The van der Waals surface area contributed by atoms with Crippen molar-refractivity contribution in [1.82, 2.24) is 19.7 Å². The van der Waals surface area contributed by atoms with E-state index < -0.39 is 34.7 Å². The Bertz CT molecular complexity index is 1580. The fraction of sp³-hybridized carbons (Fsp3) is 0.280. The lowest BCUT2D eigenvalue weighted by molar-refractivity contribution is -0.140. The van der Waals surface area contributed by atoms with Crippen molar-refractivity contribution < 1.29 is 31.8 Å². The largest absolute Gasteiger partial charge is 0.503 e. The summed E-state index contributed by atoms with van der Waals surface area (Å²) in [5, 5.41) is 13.9. The number of halogens is 5. The lowest BCUT2D eigenvalue weighted by Crippen LogP contribution is -2.44. The van der Waals surface area contributed by atoms with Crippen LogP contribution in [0.15, 0.2) is 36.5 Å². The highest BCUT2D eigenvalue weighted by atomic mass is 19.4. The summed E-state index contributed by atoms with van der Waals surface area (Å²) in [6.45, 7) is 8.48. The molecule has 1 N–H and O–H groups in total. The fourth-order valence-electron chi connectivity index (χ4n) is 4.42. The van der Waals surface area contributed by atoms with Gasteiger partial charge in [-0.15, -0.1) is 0 Å². The minimum Gasteiger partial charge on any atom is -0.503 e. The number of aromatic nitrogens is 4. The molecule has 38 heavy (non-hydrogen) atoms. The van der Waals surface area contributed by atoms with Gasteiger partial charge in [0.15, 0.2) is 28.7 Å². The van der Waals surface area contributed by atoms with Crippen LogP contribution < -0.4 is 4.90 Å². The highest BCUT2D eigenvalue weighted by Gasteiger charge is 2.38.